The zero-order valence-corrected chi connectivity index (χ0v) is 12.3. The van der Waals surface area contributed by atoms with Crippen molar-refractivity contribution in [3.63, 3.8) is 0 Å². The summed E-state index contributed by atoms with van der Waals surface area (Å²) in [6.07, 6.45) is 4.52. The van der Waals surface area contributed by atoms with Crippen LogP contribution >= 0.6 is 11.6 Å². The van der Waals surface area contributed by atoms with E-state index < -0.39 is 5.91 Å². The minimum Gasteiger partial charge on any atom is -0.507 e. The van der Waals surface area contributed by atoms with E-state index in [4.69, 9.17) is 11.6 Å². The first-order chi connectivity index (χ1) is 10.6. The molecule has 0 atom stereocenters. The third kappa shape index (κ3) is 2.87. The molecule has 0 unspecified atom stereocenters. The first kappa shape index (κ1) is 14.4. The summed E-state index contributed by atoms with van der Waals surface area (Å²) in [4.78, 5) is 12.0. The number of hydrazone groups is 1. The van der Waals surface area contributed by atoms with Crippen LogP contribution in [0, 0.1) is 0 Å². The Kier molecular flexibility index (Phi) is 3.94. The predicted molar refractivity (Wildman–Crippen MR) is 87.2 cm³/mol. The molecule has 0 spiro atoms. The van der Waals surface area contributed by atoms with Crippen LogP contribution in [-0.4, -0.2) is 17.2 Å². The molecule has 0 fully saturated rings. The van der Waals surface area contributed by atoms with E-state index in [2.05, 4.69) is 22.7 Å². The summed E-state index contributed by atoms with van der Waals surface area (Å²) in [6, 6.07) is 12.3. The molecular weight excluding hydrogens is 300 g/mol. The number of fused-ring (bicyclic) bond motifs is 1. The van der Waals surface area contributed by atoms with Crippen molar-refractivity contribution in [3.05, 3.63) is 70.3 Å². The predicted octanol–water partition coefficient (Wildman–Crippen LogP) is 3.40. The maximum absolute atomic E-state index is 12.0. The molecule has 3 rings (SSSR count). The van der Waals surface area contributed by atoms with Crippen LogP contribution in [0.5, 0.6) is 5.75 Å². The van der Waals surface area contributed by atoms with Gasteiger partial charge in [-0.15, -0.1) is 0 Å². The fourth-order valence-corrected chi connectivity index (χ4v) is 2.51. The molecule has 1 amide bonds. The minimum atomic E-state index is -0.511. The van der Waals surface area contributed by atoms with Gasteiger partial charge in [-0.05, 0) is 41.3 Å². The van der Waals surface area contributed by atoms with Gasteiger partial charge in [-0.1, -0.05) is 41.9 Å². The van der Waals surface area contributed by atoms with Gasteiger partial charge in [0.2, 0.25) is 0 Å². The Bertz CT molecular complexity index is 797. The molecule has 4 nitrogen and oxygen atoms in total. The summed E-state index contributed by atoms with van der Waals surface area (Å²) < 4.78 is 0. The first-order valence-electron chi connectivity index (χ1n) is 6.75. The molecule has 0 saturated carbocycles. The average molecular weight is 313 g/mol. The van der Waals surface area contributed by atoms with Crippen molar-refractivity contribution in [2.45, 2.75) is 6.42 Å². The van der Waals surface area contributed by atoms with Crippen molar-refractivity contribution in [3.8, 4) is 5.75 Å². The van der Waals surface area contributed by atoms with Gasteiger partial charge in [-0.25, -0.2) is 5.43 Å². The SMILES string of the molecule is O=C(N/N=C/C1=CCc2ccccc21)c1cc(Cl)ccc1O. The van der Waals surface area contributed by atoms with Gasteiger partial charge in [0, 0.05) is 5.02 Å². The number of benzene rings is 2. The Hall–Kier alpha value is -2.59. The Morgan fingerprint density at radius 3 is 2.95 bits per heavy atom. The lowest BCUT2D eigenvalue weighted by Crippen LogP contribution is -2.17. The van der Waals surface area contributed by atoms with Gasteiger partial charge in [-0.2, -0.15) is 5.10 Å². The number of rotatable bonds is 3. The van der Waals surface area contributed by atoms with Crippen LogP contribution in [0.3, 0.4) is 0 Å². The van der Waals surface area contributed by atoms with Crippen molar-refractivity contribution < 1.29 is 9.90 Å². The summed E-state index contributed by atoms with van der Waals surface area (Å²) in [5.41, 5.74) is 5.80. The molecule has 2 N–H and O–H groups in total. The maximum atomic E-state index is 12.0. The van der Waals surface area contributed by atoms with Gasteiger partial charge in [0.15, 0.2) is 0 Å². The number of halogens is 1. The summed E-state index contributed by atoms with van der Waals surface area (Å²) in [6.45, 7) is 0. The smallest absolute Gasteiger partial charge is 0.275 e. The number of carbonyl (C=O) groups excluding carboxylic acids is 1. The fraction of sp³-hybridized carbons (Fsp3) is 0.0588. The highest BCUT2D eigenvalue weighted by Gasteiger charge is 2.13. The molecule has 1 aliphatic rings. The zero-order chi connectivity index (χ0) is 15.5. The van der Waals surface area contributed by atoms with Crippen LogP contribution in [0.15, 0.2) is 53.6 Å². The van der Waals surface area contributed by atoms with Gasteiger partial charge in [0.25, 0.3) is 5.91 Å². The standard InChI is InChI=1S/C17H13ClN2O2/c18-13-7-8-16(21)15(9-13)17(22)20-19-10-12-6-5-11-3-1-2-4-14(11)12/h1-4,6-10,21H,5H2,(H,20,22)/b19-10+. The summed E-state index contributed by atoms with van der Waals surface area (Å²) in [7, 11) is 0. The number of nitrogens with one attached hydrogen (secondary N) is 1. The number of amides is 1. The highest BCUT2D eigenvalue weighted by Crippen LogP contribution is 2.25. The number of phenolic OH excluding ortho intramolecular Hbond substituents is 1. The lowest BCUT2D eigenvalue weighted by atomic mass is 10.1. The van der Waals surface area contributed by atoms with Gasteiger partial charge in [0.1, 0.15) is 5.75 Å². The van der Waals surface area contributed by atoms with Gasteiger partial charge in [-0.3, -0.25) is 4.79 Å². The molecular formula is C17H13ClN2O2. The third-order valence-electron chi connectivity index (χ3n) is 3.44. The number of allylic oxidation sites excluding steroid dienone is 2. The Morgan fingerprint density at radius 1 is 1.27 bits per heavy atom. The van der Waals surface area contributed by atoms with Crippen molar-refractivity contribution in [1.29, 1.82) is 0 Å². The van der Waals surface area contributed by atoms with E-state index in [1.165, 1.54) is 23.8 Å². The van der Waals surface area contributed by atoms with Crippen molar-refractivity contribution in [1.82, 2.24) is 5.43 Å². The van der Waals surface area contributed by atoms with Gasteiger partial charge < -0.3 is 5.11 Å². The molecule has 0 aliphatic heterocycles. The minimum absolute atomic E-state index is 0.0884. The van der Waals surface area contributed by atoms with E-state index in [0.717, 1.165) is 17.6 Å². The van der Waals surface area contributed by atoms with Crippen molar-refractivity contribution in [2.75, 3.05) is 0 Å². The second-order valence-corrected chi connectivity index (χ2v) is 5.32. The maximum Gasteiger partial charge on any atom is 0.275 e. The van der Waals surface area contributed by atoms with Crippen molar-refractivity contribution >= 4 is 29.3 Å². The molecule has 5 heteroatoms. The molecule has 2 aromatic carbocycles. The Balaban J connectivity index is 1.71. The van der Waals surface area contributed by atoms with Gasteiger partial charge >= 0.3 is 0 Å². The van der Waals surface area contributed by atoms with E-state index in [-0.39, 0.29) is 11.3 Å². The number of phenols is 1. The summed E-state index contributed by atoms with van der Waals surface area (Å²) >= 11 is 5.82. The lowest BCUT2D eigenvalue weighted by Gasteiger charge is -2.04. The lowest BCUT2D eigenvalue weighted by molar-refractivity contribution is 0.0952. The fourth-order valence-electron chi connectivity index (χ4n) is 2.34. The molecule has 22 heavy (non-hydrogen) atoms. The van der Waals surface area contributed by atoms with E-state index in [1.54, 1.807) is 6.21 Å². The topological polar surface area (TPSA) is 61.7 Å². The summed E-state index contributed by atoms with van der Waals surface area (Å²) in [5, 5.41) is 14.0. The molecule has 0 aromatic heterocycles. The second-order valence-electron chi connectivity index (χ2n) is 4.88. The zero-order valence-electron chi connectivity index (χ0n) is 11.6. The molecule has 0 bridgehead atoms. The van der Waals surface area contributed by atoms with Crippen LogP contribution < -0.4 is 5.43 Å². The van der Waals surface area contributed by atoms with E-state index in [1.807, 2.05) is 18.2 Å². The summed E-state index contributed by atoms with van der Waals surface area (Å²) in [5.74, 6) is -0.648. The quantitative estimate of drug-likeness (QED) is 0.674. The van der Waals surface area contributed by atoms with E-state index in [0.29, 0.717) is 5.02 Å². The van der Waals surface area contributed by atoms with Gasteiger partial charge in [0.05, 0.1) is 11.8 Å². The molecule has 0 radical (unpaired) electrons. The first-order valence-corrected chi connectivity index (χ1v) is 7.13. The Labute approximate surface area is 132 Å². The monoisotopic (exact) mass is 312 g/mol. The van der Waals surface area contributed by atoms with E-state index >= 15 is 0 Å². The molecule has 0 saturated heterocycles. The normalized spacial score (nSPS) is 13.0. The molecule has 0 heterocycles. The van der Waals surface area contributed by atoms with Crippen LogP contribution in [0.4, 0.5) is 0 Å². The molecule has 110 valence electrons. The number of hydrogen-bond acceptors (Lipinski definition) is 3. The molecule has 1 aliphatic carbocycles. The Morgan fingerprint density at radius 2 is 2.09 bits per heavy atom. The number of nitrogens with zero attached hydrogens (tertiary/aromatic N) is 1. The van der Waals surface area contributed by atoms with Crippen LogP contribution in [-0.2, 0) is 6.42 Å². The van der Waals surface area contributed by atoms with Crippen molar-refractivity contribution in [2.24, 2.45) is 5.10 Å². The highest BCUT2D eigenvalue weighted by atomic mass is 35.5. The number of aromatic hydroxyl groups is 1. The largest absolute Gasteiger partial charge is 0.507 e. The number of carbonyl (C=O) groups is 1. The third-order valence-corrected chi connectivity index (χ3v) is 3.68. The average Bonchev–Trinajstić information content (AvgIpc) is 2.93. The highest BCUT2D eigenvalue weighted by molar-refractivity contribution is 6.31. The second kappa shape index (κ2) is 6.03. The van der Waals surface area contributed by atoms with Crippen LogP contribution in [0.1, 0.15) is 21.5 Å². The van der Waals surface area contributed by atoms with Crippen LogP contribution in [0.25, 0.3) is 5.57 Å². The number of hydrogen-bond donors (Lipinski definition) is 2. The van der Waals surface area contributed by atoms with E-state index in [9.17, 15) is 9.90 Å². The molecule has 2 aromatic rings. The van der Waals surface area contributed by atoms with Crippen LogP contribution in [0.2, 0.25) is 5.02 Å².